The molecule has 19 heavy (non-hydrogen) atoms. The number of carbonyl (C=O) groups is 3. The van der Waals surface area contributed by atoms with Crippen molar-refractivity contribution in [1.82, 2.24) is 4.90 Å². The Kier molecular flexibility index (Phi) is 3.30. The van der Waals surface area contributed by atoms with Crippen molar-refractivity contribution in [3.05, 3.63) is 35.1 Å². The molecule has 1 aliphatic rings. The number of aliphatic carboxylic acids is 1. The van der Waals surface area contributed by atoms with Gasteiger partial charge in [-0.05, 0) is 19.1 Å². The molecule has 1 heterocycles. The van der Waals surface area contributed by atoms with Gasteiger partial charge in [-0.3, -0.25) is 9.59 Å². The number of carboxylic acid groups (broad SMARTS) is 1. The molecular weight excluding hydrogens is 257 g/mol. The van der Waals surface area contributed by atoms with Crippen molar-refractivity contribution in [2.45, 2.75) is 13.2 Å². The normalized spacial score (nSPS) is 15.6. The zero-order valence-electron chi connectivity index (χ0n) is 9.92. The van der Waals surface area contributed by atoms with Crippen LogP contribution in [-0.2, 0) is 9.53 Å². The van der Waals surface area contributed by atoms with Crippen LogP contribution in [0.15, 0.2) is 18.2 Å². The Hall–Kier alpha value is -2.28. The Labute approximate surface area is 107 Å². The summed E-state index contributed by atoms with van der Waals surface area (Å²) >= 11 is 0. The highest BCUT2D eigenvalue weighted by atomic mass is 19.1. The van der Waals surface area contributed by atoms with Gasteiger partial charge in [-0.25, -0.2) is 14.1 Å². The largest absolute Gasteiger partial charge is 0.478 e. The van der Waals surface area contributed by atoms with Crippen LogP contribution in [0.5, 0.6) is 0 Å². The van der Waals surface area contributed by atoms with E-state index in [1.165, 1.54) is 19.1 Å². The maximum atomic E-state index is 13.6. The average molecular weight is 267 g/mol. The number of hydrogen-bond acceptors (Lipinski definition) is 4. The highest BCUT2D eigenvalue weighted by Gasteiger charge is 2.44. The number of rotatable bonds is 4. The lowest BCUT2D eigenvalue weighted by atomic mass is 10.1. The number of carboxylic acids is 1. The summed E-state index contributed by atoms with van der Waals surface area (Å²) in [5.74, 6) is -4.23. The summed E-state index contributed by atoms with van der Waals surface area (Å²) in [6.45, 7) is 1.52. The summed E-state index contributed by atoms with van der Waals surface area (Å²) in [7, 11) is 0. The number of fused-ring (bicyclic) bond motifs is 1. The minimum absolute atomic E-state index is 0.00709. The molecule has 0 bridgehead atoms. The van der Waals surface area contributed by atoms with Crippen LogP contribution in [-0.4, -0.2) is 40.6 Å². The topological polar surface area (TPSA) is 83.9 Å². The third-order valence-electron chi connectivity index (χ3n) is 2.67. The molecule has 0 fully saturated rings. The SMILES string of the molecule is CCOC(C(=O)O)N1C(=O)c2cccc(F)c2C1=O. The molecule has 0 spiro atoms. The molecule has 1 aromatic rings. The fourth-order valence-corrected chi connectivity index (χ4v) is 1.89. The zero-order valence-corrected chi connectivity index (χ0v) is 9.92. The standard InChI is InChI=1S/C12H10FNO5/c1-2-19-11(12(17)18)14-9(15)6-4-3-5-7(13)8(6)10(14)16/h3-5,11H,2H2,1H3,(H,17,18). The van der Waals surface area contributed by atoms with Crippen LogP contribution in [0.2, 0.25) is 0 Å². The predicted molar refractivity (Wildman–Crippen MR) is 59.9 cm³/mol. The molecule has 0 saturated heterocycles. The first-order valence-electron chi connectivity index (χ1n) is 5.49. The van der Waals surface area contributed by atoms with Crippen molar-refractivity contribution in [3.8, 4) is 0 Å². The van der Waals surface area contributed by atoms with Crippen molar-refractivity contribution in [2.75, 3.05) is 6.61 Å². The van der Waals surface area contributed by atoms with Crippen molar-refractivity contribution in [3.63, 3.8) is 0 Å². The number of nitrogens with zero attached hydrogens (tertiary/aromatic N) is 1. The summed E-state index contributed by atoms with van der Waals surface area (Å²) < 4.78 is 18.4. The van der Waals surface area contributed by atoms with Gasteiger partial charge in [0.25, 0.3) is 11.8 Å². The Morgan fingerprint density at radius 3 is 2.63 bits per heavy atom. The Morgan fingerprint density at radius 1 is 1.42 bits per heavy atom. The molecule has 2 rings (SSSR count). The van der Waals surface area contributed by atoms with Gasteiger partial charge in [0, 0.05) is 6.61 Å². The van der Waals surface area contributed by atoms with E-state index in [2.05, 4.69) is 0 Å². The van der Waals surface area contributed by atoms with Gasteiger partial charge in [0.15, 0.2) is 0 Å². The first kappa shape index (κ1) is 13.2. The van der Waals surface area contributed by atoms with Gasteiger partial charge in [0.2, 0.25) is 6.23 Å². The number of halogens is 1. The fraction of sp³-hybridized carbons (Fsp3) is 0.250. The summed E-state index contributed by atoms with van der Waals surface area (Å²) in [4.78, 5) is 35.4. The Bertz CT molecular complexity index is 571. The molecule has 1 aliphatic heterocycles. The van der Waals surface area contributed by atoms with Crippen molar-refractivity contribution in [1.29, 1.82) is 0 Å². The number of carbonyl (C=O) groups excluding carboxylic acids is 2. The van der Waals surface area contributed by atoms with Gasteiger partial charge < -0.3 is 9.84 Å². The van der Waals surface area contributed by atoms with E-state index in [1.54, 1.807) is 0 Å². The first-order chi connectivity index (χ1) is 8.99. The van der Waals surface area contributed by atoms with E-state index < -0.39 is 35.4 Å². The van der Waals surface area contributed by atoms with Crippen LogP contribution in [0.1, 0.15) is 27.6 Å². The third-order valence-corrected chi connectivity index (χ3v) is 2.67. The van der Waals surface area contributed by atoms with E-state index in [0.717, 1.165) is 6.07 Å². The van der Waals surface area contributed by atoms with Gasteiger partial charge >= 0.3 is 5.97 Å². The quantitative estimate of drug-likeness (QED) is 0.818. The van der Waals surface area contributed by atoms with E-state index in [-0.39, 0.29) is 12.2 Å². The van der Waals surface area contributed by atoms with Crippen LogP contribution >= 0.6 is 0 Å². The lowest BCUT2D eigenvalue weighted by molar-refractivity contribution is -0.158. The second kappa shape index (κ2) is 4.77. The molecule has 0 radical (unpaired) electrons. The number of amides is 2. The van der Waals surface area contributed by atoms with Crippen LogP contribution in [0.4, 0.5) is 4.39 Å². The first-order valence-corrected chi connectivity index (χ1v) is 5.49. The molecule has 6 nitrogen and oxygen atoms in total. The average Bonchev–Trinajstić information content (AvgIpc) is 2.60. The molecule has 1 unspecified atom stereocenters. The minimum atomic E-state index is -1.75. The molecule has 1 aromatic carbocycles. The predicted octanol–water partition coefficient (Wildman–Crippen LogP) is 0.869. The van der Waals surface area contributed by atoms with Crippen molar-refractivity contribution in [2.24, 2.45) is 0 Å². The molecule has 1 atom stereocenters. The maximum absolute atomic E-state index is 13.6. The van der Waals surface area contributed by atoms with Crippen LogP contribution in [0.25, 0.3) is 0 Å². The summed E-state index contributed by atoms with van der Waals surface area (Å²) in [5, 5.41) is 8.98. The summed E-state index contributed by atoms with van der Waals surface area (Å²) in [6, 6.07) is 3.58. The third kappa shape index (κ3) is 1.97. The second-order valence-electron chi connectivity index (χ2n) is 3.79. The molecule has 100 valence electrons. The Balaban J connectivity index is 2.47. The van der Waals surface area contributed by atoms with Crippen LogP contribution in [0.3, 0.4) is 0 Å². The molecule has 2 amide bonds. The monoisotopic (exact) mass is 267 g/mol. The second-order valence-corrected chi connectivity index (χ2v) is 3.79. The van der Waals surface area contributed by atoms with Gasteiger partial charge in [-0.2, -0.15) is 0 Å². The molecule has 0 aliphatic carbocycles. The number of benzene rings is 1. The molecule has 0 saturated carbocycles. The number of imide groups is 1. The summed E-state index contributed by atoms with van der Waals surface area (Å²) in [5.41, 5.74) is -0.575. The molecule has 0 aromatic heterocycles. The van der Waals surface area contributed by atoms with Gasteiger partial charge in [0.05, 0.1) is 11.1 Å². The van der Waals surface area contributed by atoms with Gasteiger partial charge in [-0.1, -0.05) is 6.07 Å². The van der Waals surface area contributed by atoms with E-state index >= 15 is 0 Å². The van der Waals surface area contributed by atoms with Crippen molar-refractivity contribution < 1.29 is 28.6 Å². The lowest BCUT2D eigenvalue weighted by Gasteiger charge is -2.21. The highest BCUT2D eigenvalue weighted by Crippen LogP contribution is 2.27. The van der Waals surface area contributed by atoms with Crippen LogP contribution < -0.4 is 0 Å². The molecule has 7 heteroatoms. The number of hydrogen-bond donors (Lipinski definition) is 1. The number of ether oxygens (including phenoxy) is 1. The van der Waals surface area contributed by atoms with E-state index in [0.29, 0.717) is 4.90 Å². The minimum Gasteiger partial charge on any atom is -0.478 e. The summed E-state index contributed by atoms with van der Waals surface area (Å²) in [6.07, 6.45) is -1.75. The highest BCUT2D eigenvalue weighted by molar-refractivity contribution is 6.22. The van der Waals surface area contributed by atoms with E-state index in [4.69, 9.17) is 9.84 Å². The fourth-order valence-electron chi connectivity index (χ4n) is 1.89. The van der Waals surface area contributed by atoms with E-state index in [9.17, 15) is 18.8 Å². The molecule has 1 N–H and O–H groups in total. The van der Waals surface area contributed by atoms with E-state index in [1.807, 2.05) is 0 Å². The Morgan fingerprint density at radius 2 is 2.11 bits per heavy atom. The lowest BCUT2D eigenvalue weighted by Crippen LogP contribution is -2.46. The molecular formula is C12H10FNO5. The zero-order chi connectivity index (χ0) is 14.2. The van der Waals surface area contributed by atoms with Crippen molar-refractivity contribution >= 4 is 17.8 Å². The maximum Gasteiger partial charge on any atom is 0.354 e. The van der Waals surface area contributed by atoms with Crippen LogP contribution in [0, 0.1) is 5.82 Å². The van der Waals surface area contributed by atoms with Gasteiger partial charge in [-0.15, -0.1) is 0 Å². The smallest absolute Gasteiger partial charge is 0.354 e. The van der Waals surface area contributed by atoms with Gasteiger partial charge in [0.1, 0.15) is 5.82 Å².